The van der Waals surface area contributed by atoms with E-state index in [1.54, 1.807) is 41.3 Å². The number of rotatable bonds is 6. The molecule has 2 aromatic rings. The van der Waals surface area contributed by atoms with Crippen molar-refractivity contribution in [3.05, 3.63) is 59.7 Å². The third-order valence-electron chi connectivity index (χ3n) is 4.23. The summed E-state index contributed by atoms with van der Waals surface area (Å²) in [7, 11) is 0. The lowest BCUT2D eigenvalue weighted by molar-refractivity contribution is -0.117. The average molecular weight is 351 g/mol. The number of hydrogen-bond donors (Lipinski definition) is 1. The molecule has 134 valence electrons. The summed E-state index contributed by atoms with van der Waals surface area (Å²) in [5.41, 5.74) is 2.04. The standard InChI is InChI=1S/C21H21NO4/c1-2-26-20-13-15(9-11-19(20)24)8-10-18(23)16-5-3-6-17(14-16)22-12-4-7-21(22)25/h3,5-6,8-11,13-14,24H,2,4,7,12H2,1H3/b10-8+. The smallest absolute Gasteiger partial charge is 0.227 e. The van der Waals surface area contributed by atoms with Gasteiger partial charge in [-0.2, -0.15) is 0 Å². The van der Waals surface area contributed by atoms with Crippen LogP contribution in [0.15, 0.2) is 48.5 Å². The molecule has 5 nitrogen and oxygen atoms in total. The van der Waals surface area contributed by atoms with E-state index in [0.717, 1.165) is 17.7 Å². The Morgan fingerprint density at radius 2 is 2.12 bits per heavy atom. The van der Waals surface area contributed by atoms with Crippen molar-refractivity contribution >= 4 is 23.5 Å². The molecule has 1 fully saturated rings. The quantitative estimate of drug-likeness (QED) is 0.635. The normalized spacial score (nSPS) is 14.2. The van der Waals surface area contributed by atoms with E-state index in [-0.39, 0.29) is 17.4 Å². The first-order valence-corrected chi connectivity index (χ1v) is 8.67. The molecule has 0 unspecified atom stereocenters. The Labute approximate surface area is 152 Å². The highest BCUT2D eigenvalue weighted by Gasteiger charge is 2.22. The zero-order valence-electron chi connectivity index (χ0n) is 14.6. The summed E-state index contributed by atoms with van der Waals surface area (Å²) in [5, 5.41) is 9.73. The first-order chi connectivity index (χ1) is 12.6. The second kappa shape index (κ2) is 7.87. The van der Waals surface area contributed by atoms with E-state index in [1.165, 1.54) is 12.1 Å². The van der Waals surface area contributed by atoms with E-state index in [2.05, 4.69) is 0 Å². The van der Waals surface area contributed by atoms with Gasteiger partial charge in [-0.05, 0) is 49.2 Å². The molecule has 1 saturated heterocycles. The number of benzene rings is 2. The average Bonchev–Trinajstić information content (AvgIpc) is 3.08. The number of nitrogens with zero attached hydrogens (tertiary/aromatic N) is 1. The molecular formula is C21H21NO4. The molecule has 0 saturated carbocycles. The highest BCUT2D eigenvalue weighted by molar-refractivity contribution is 6.08. The minimum Gasteiger partial charge on any atom is -0.504 e. The molecule has 1 amide bonds. The molecule has 26 heavy (non-hydrogen) atoms. The molecule has 0 aliphatic carbocycles. The first kappa shape index (κ1) is 17.7. The van der Waals surface area contributed by atoms with Gasteiger partial charge in [0.2, 0.25) is 5.91 Å². The number of phenols is 1. The summed E-state index contributed by atoms with van der Waals surface area (Å²) < 4.78 is 5.35. The highest BCUT2D eigenvalue weighted by atomic mass is 16.5. The number of amides is 1. The van der Waals surface area contributed by atoms with E-state index in [9.17, 15) is 14.7 Å². The summed E-state index contributed by atoms with van der Waals surface area (Å²) in [6, 6.07) is 12.0. The Morgan fingerprint density at radius 3 is 2.85 bits per heavy atom. The molecule has 1 heterocycles. The molecule has 1 N–H and O–H groups in total. The van der Waals surface area contributed by atoms with E-state index in [1.807, 2.05) is 13.0 Å². The Kier molecular flexibility index (Phi) is 5.37. The number of anilines is 1. The van der Waals surface area contributed by atoms with Crippen LogP contribution in [0.1, 0.15) is 35.7 Å². The van der Waals surface area contributed by atoms with Crippen LogP contribution in [-0.2, 0) is 4.79 Å². The number of phenolic OH excluding ortho intramolecular Hbond substituents is 1. The van der Waals surface area contributed by atoms with Gasteiger partial charge in [0.1, 0.15) is 0 Å². The van der Waals surface area contributed by atoms with E-state index >= 15 is 0 Å². The Morgan fingerprint density at radius 1 is 1.27 bits per heavy atom. The summed E-state index contributed by atoms with van der Waals surface area (Å²) in [5.74, 6) is 0.400. The van der Waals surface area contributed by atoms with Crippen LogP contribution in [0.4, 0.5) is 5.69 Å². The van der Waals surface area contributed by atoms with Gasteiger partial charge in [0.25, 0.3) is 0 Å². The van der Waals surface area contributed by atoms with Crippen LogP contribution in [0.5, 0.6) is 11.5 Å². The molecule has 2 aromatic carbocycles. The molecule has 0 atom stereocenters. The van der Waals surface area contributed by atoms with E-state index in [0.29, 0.717) is 30.9 Å². The molecule has 5 heteroatoms. The number of hydrogen-bond acceptors (Lipinski definition) is 4. The highest BCUT2D eigenvalue weighted by Crippen LogP contribution is 2.27. The van der Waals surface area contributed by atoms with Crippen molar-refractivity contribution in [2.24, 2.45) is 0 Å². The lowest BCUT2D eigenvalue weighted by Crippen LogP contribution is -2.23. The summed E-state index contributed by atoms with van der Waals surface area (Å²) in [4.78, 5) is 26.1. The molecule has 1 aliphatic heterocycles. The number of ketones is 1. The van der Waals surface area contributed by atoms with Crippen LogP contribution < -0.4 is 9.64 Å². The van der Waals surface area contributed by atoms with Gasteiger partial charge in [-0.25, -0.2) is 0 Å². The van der Waals surface area contributed by atoms with Crippen molar-refractivity contribution in [1.82, 2.24) is 0 Å². The topological polar surface area (TPSA) is 66.8 Å². The molecule has 0 bridgehead atoms. The van der Waals surface area contributed by atoms with Crippen molar-refractivity contribution in [2.75, 3.05) is 18.1 Å². The third kappa shape index (κ3) is 3.94. The van der Waals surface area contributed by atoms with Crippen LogP contribution >= 0.6 is 0 Å². The molecule has 3 rings (SSSR count). The summed E-state index contributed by atoms with van der Waals surface area (Å²) in [6.07, 6.45) is 4.56. The van der Waals surface area contributed by atoms with Gasteiger partial charge in [0.05, 0.1) is 6.61 Å². The number of aromatic hydroxyl groups is 1. The summed E-state index contributed by atoms with van der Waals surface area (Å²) in [6.45, 7) is 2.98. The zero-order valence-corrected chi connectivity index (χ0v) is 14.6. The van der Waals surface area contributed by atoms with Gasteiger partial charge in [-0.15, -0.1) is 0 Å². The fourth-order valence-corrected chi connectivity index (χ4v) is 2.92. The van der Waals surface area contributed by atoms with Gasteiger partial charge >= 0.3 is 0 Å². The fraction of sp³-hybridized carbons (Fsp3) is 0.238. The van der Waals surface area contributed by atoms with Gasteiger partial charge in [0.15, 0.2) is 17.3 Å². The maximum absolute atomic E-state index is 12.5. The number of carbonyl (C=O) groups is 2. The van der Waals surface area contributed by atoms with Gasteiger partial charge in [0, 0.05) is 24.2 Å². The number of carbonyl (C=O) groups excluding carboxylic acids is 2. The van der Waals surface area contributed by atoms with Crippen LogP contribution in [0.3, 0.4) is 0 Å². The van der Waals surface area contributed by atoms with Gasteiger partial charge < -0.3 is 14.7 Å². The Bertz CT molecular complexity index is 857. The van der Waals surface area contributed by atoms with Crippen molar-refractivity contribution < 1.29 is 19.4 Å². The third-order valence-corrected chi connectivity index (χ3v) is 4.23. The van der Waals surface area contributed by atoms with Crippen molar-refractivity contribution in [3.63, 3.8) is 0 Å². The first-order valence-electron chi connectivity index (χ1n) is 8.67. The predicted octanol–water partition coefficient (Wildman–Crippen LogP) is 3.81. The lowest BCUT2D eigenvalue weighted by Gasteiger charge is -2.16. The van der Waals surface area contributed by atoms with Crippen LogP contribution in [0, 0.1) is 0 Å². The largest absolute Gasteiger partial charge is 0.504 e. The second-order valence-corrected chi connectivity index (χ2v) is 6.06. The maximum atomic E-state index is 12.5. The predicted molar refractivity (Wildman–Crippen MR) is 101 cm³/mol. The summed E-state index contributed by atoms with van der Waals surface area (Å²) >= 11 is 0. The van der Waals surface area contributed by atoms with Crippen LogP contribution in [0.25, 0.3) is 6.08 Å². The zero-order chi connectivity index (χ0) is 18.5. The van der Waals surface area contributed by atoms with Gasteiger partial charge in [-0.3, -0.25) is 9.59 Å². The maximum Gasteiger partial charge on any atom is 0.227 e. The lowest BCUT2D eigenvalue weighted by atomic mass is 10.1. The Hall–Kier alpha value is -3.08. The second-order valence-electron chi connectivity index (χ2n) is 6.06. The van der Waals surface area contributed by atoms with Crippen molar-refractivity contribution in [3.8, 4) is 11.5 Å². The molecule has 0 spiro atoms. The fourth-order valence-electron chi connectivity index (χ4n) is 2.92. The monoisotopic (exact) mass is 351 g/mol. The van der Waals surface area contributed by atoms with E-state index in [4.69, 9.17) is 4.74 Å². The van der Waals surface area contributed by atoms with Crippen LogP contribution in [0.2, 0.25) is 0 Å². The minimum atomic E-state index is -0.149. The SMILES string of the molecule is CCOc1cc(/C=C/C(=O)c2cccc(N3CCCC3=O)c2)ccc1O. The Balaban J connectivity index is 1.77. The number of allylic oxidation sites excluding steroid dienone is 1. The van der Waals surface area contributed by atoms with Crippen molar-refractivity contribution in [2.45, 2.75) is 19.8 Å². The number of ether oxygens (including phenoxy) is 1. The molecular weight excluding hydrogens is 330 g/mol. The molecule has 0 radical (unpaired) electrons. The van der Waals surface area contributed by atoms with Crippen molar-refractivity contribution in [1.29, 1.82) is 0 Å². The van der Waals surface area contributed by atoms with E-state index < -0.39 is 0 Å². The van der Waals surface area contributed by atoms with Gasteiger partial charge in [-0.1, -0.05) is 24.3 Å². The minimum absolute atomic E-state index is 0.0679. The molecule has 1 aliphatic rings. The molecule has 0 aromatic heterocycles. The van der Waals surface area contributed by atoms with Crippen LogP contribution in [-0.4, -0.2) is 29.9 Å².